The Kier molecular flexibility index (Phi) is 3.26. The van der Waals surface area contributed by atoms with E-state index in [4.69, 9.17) is 0 Å². The second-order valence-electron chi connectivity index (χ2n) is 7.31. The van der Waals surface area contributed by atoms with Crippen molar-refractivity contribution in [2.75, 3.05) is 6.54 Å². The van der Waals surface area contributed by atoms with Crippen LogP contribution in [0.2, 0.25) is 0 Å². The highest BCUT2D eigenvalue weighted by molar-refractivity contribution is 5.93. The Labute approximate surface area is 136 Å². The second-order valence-corrected chi connectivity index (χ2v) is 7.31. The first-order valence-corrected chi connectivity index (χ1v) is 8.29. The van der Waals surface area contributed by atoms with Gasteiger partial charge in [0.1, 0.15) is 0 Å². The van der Waals surface area contributed by atoms with Crippen molar-refractivity contribution in [1.29, 1.82) is 0 Å². The number of halogens is 3. The molecule has 0 unspecified atom stereocenters. The van der Waals surface area contributed by atoms with Crippen LogP contribution in [0.1, 0.15) is 67.2 Å². The molecule has 6 nitrogen and oxygen atoms in total. The van der Waals surface area contributed by atoms with Gasteiger partial charge in [-0.1, -0.05) is 5.21 Å². The van der Waals surface area contributed by atoms with Crippen LogP contribution in [0.5, 0.6) is 0 Å². The molecule has 3 aliphatic rings. The molecule has 1 aromatic rings. The van der Waals surface area contributed by atoms with Crippen molar-refractivity contribution in [2.45, 2.75) is 62.8 Å². The van der Waals surface area contributed by atoms with Gasteiger partial charge in [-0.2, -0.15) is 13.2 Å². The molecule has 24 heavy (non-hydrogen) atoms. The predicted octanol–water partition coefficient (Wildman–Crippen LogP) is 2.06. The van der Waals surface area contributed by atoms with Crippen LogP contribution in [0, 0.1) is 5.41 Å². The van der Waals surface area contributed by atoms with Crippen molar-refractivity contribution in [3.63, 3.8) is 0 Å². The van der Waals surface area contributed by atoms with Gasteiger partial charge >= 0.3 is 6.18 Å². The molecule has 0 radical (unpaired) electrons. The van der Waals surface area contributed by atoms with E-state index in [1.54, 1.807) is 0 Å². The highest BCUT2D eigenvalue weighted by Gasteiger charge is 2.61. The summed E-state index contributed by atoms with van der Waals surface area (Å²) in [6, 6.07) is -0.318. The molecule has 0 aliphatic heterocycles. The minimum atomic E-state index is -4.68. The number of aromatic nitrogens is 3. The van der Waals surface area contributed by atoms with Gasteiger partial charge in [0.15, 0.2) is 11.4 Å². The number of aliphatic hydroxyl groups is 1. The number of hydrogen-bond acceptors (Lipinski definition) is 4. The minimum absolute atomic E-state index is 0.177. The van der Waals surface area contributed by atoms with Crippen molar-refractivity contribution < 1.29 is 23.1 Å². The number of nitrogens with one attached hydrogen (secondary N) is 1. The number of hydrogen-bond donors (Lipinski definition) is 2. The summed E-state index contributed by atoms with van der Waals surface area (Å²) < 4.78 is 40.7. The fourth-order valence-electron chi connectivity index (χ4n) is 3.62. The standard InChI is InChI=1S/C15H19F3N4O2/c16-15(17,18)11-10(20-21-22(11)9-2-3-9)12(23)19-8-13(6-7-13)14(24)4-1-5-14/h9,24H,1-8H2,(H,19,23). The topological polar surface area (TPSA) is 80.0 Å². The lowest BCUT2D eigenvalue weighted by Gasteiger charge is -2.44. The fourth-order valence-corrected chi connectivity index (χ4v) is 3.62. The first-order valence-electron chi connectivity index (χ1n) is 8.29. The average molecular weight is 344 g/mol. The number of amides is 1. The molecule has 9 heteroatoms. The lowest BCUT2D eigenvalue weighted by molar-refractivity contribution is -0.144. The lowest BCUT2D eigenvalue weighted by Crippen LogP contribution is -2.51. The molecule has 1 aromatic heterocycles. The third-order valence-corrected chi connectivity index (χ3v) is 5.68. The molecule has 0 aromatic carbocycles. The van der Waals surface area contributed by atoms with Gasteiger partial charge in [-0.25, -0.2) is 4.68 Å². The maximum absolute atomic E-state index is 13.3. The molecule has 0 atom stereocenters. The third kappa shape index (κ3) is 2.40. The second kappa shape index (κ2) is 4.93. The zero-order valence-electron chi connectivity index (χ0n) is 13.1. The molecule has 1 heterocycles. The van der Waals surface area contributed by atoms with E-state index in [1.807, 2.05) is 0 Å². The Morgan fingerprint density at radius 2 is 1.96 bits per heavy atom. The van der Waals surface area contributed by atoms with Crippen LogP contribution in [0.3, 0.4) is 0 Å². The van der Waals surface area contributed by atoms with E-state index in [2.05, 4.69) is 15.6 Å². The summed E-state index contributed by atoms with van der Waals surface area (Å²) in [4.78, 5) is 12.3. The van der Waals surface area contributed by atoms with Gasteiger partial charge in [0.05, 0.1) is 11.6 Å². The van der Waals surface area contributed by atoms with Crippen LogP contribution in [0.25, 0.3) is 0 Å². The Bertz CT molecular complexity index is 673. The molecule has 132 valence electrons. The van der Waals surface area contributed by atoms with Crippen molar-refractivity contribution in [3.8, 4) is 0 Å². The fraction of sp³-hybridized carbons (Fsp3) is 0.800. The van der Waals surface area contributed by atoms with Gasteiger partial charge in [0.2, 0.25) is 0 Å². The van der Waals surface area contributed by atoms with Crippen LogP contribution in [0.15, 0.2) is 0 Å². The van der Waals surface area contributed by atoms with Gasteiger partial charge < -0.3 is 10.4 Å². The molecule has 0 bridgehead atoms. The van der Waals surface area contributed by atoms with Crippen LogP contribution in [-0.2, 0) is 6.18 Å². The zero-order valence-corrected chi connectivity index (χ0v) is 13.1. The summed E-state index contributed by atoms with van der Waals surface area (Å²) in [7, 11) is 0. The molecule has 2 N–H and O–H groups in total. The zero-order chi connectivity index (χ0) is 17.2. The molecule has 0 spiro atoms. The first kappa shape index (κ1) is 15.9. The van der Waals surface area contributed by atoms with Gasteiger partial charge in [-0.3, -0.25) is 4.79 Å². The Morgan fingerprint density at radius 1 is 1.29 bits per heavy atom. The smallest absolute Gasteiger partial charge is 0.389 e. The molecular formula is C15H19F3N4O2. The number of rotatable bonds is 5. The van der Waals surface area contributed by atoms with E-state index in [1.165, 1.54) is 0 Å². The van der Waals surface area contributed by atoms with Crippen molar-refractivity contribution in [3.05, 3.63) is 11.4 Å². The van der Waals surface area contributed by atoms with E-state index >= 15 is 0 Å². The minimum Gasteiger partial charge on any atom is -0.389 e. The van der Waals surface area contributed by atoms with E-state index in [9.17, 15) is 23.1 Å². The monoisotopic (exact) mass is 344 g/mol. The first-order chi connectivity index (χ1) is 11.3. The number of nitrogens with zero attached hydrogens (tertiary/aromatic N) is 3. The van der Waals surface area contributed by atoms with E-state index in [0.717, 1.165) is 23.9 Å². The summed E-state index contributed by atoms with van der Waals surface area (Å²) >= 11 is 0. The van der Waals surface area contributed by atoms with Gasteiger partial charge in [-0.05, 0) is 44.9 Å². The Balaban J connectivity index is 1.51. The maximum atomic E-state index is 13.3. The Hall–Kier alpha value is -1.64. The summed E-state index contributed by atoms with van der Waals surface area (Å²) in [6.45, 7) is 0.177. The molecular weight excluding hydrogens is 325 g/mol. The SMILES string of the molecule is O=C(NCC1(C2(O)CCC2)CC1)c1nnn(C2CC2)c1C(F)(F)F. The van der Waals surface area contributed by atoms with E-state index < -0.39 is 29.1 Å². The normalized spacial score (nSPS) is 24.3. The van der Waals surface area contributed by atoms with E-state index in [-0.39, 0.29) is 18.0 Å². The van der Waals surface area contributed by atoms with Crippen LogP contribution >= 0.6 is 0 Å². The van der Waals surface area contributed by atoms with Crippen molar-refractivity contribution >= 4 is 5.91 Å². The van der Waals surface area contributed by atoms with Crippen LogP contribution < -0.4 is 5.32 Å². The highest BCUT2D eigenvalue weighted by Crippen LogP contribution is 2.60. The largest absolute Gasteiger partial charge is 0.435 e. The summed E-state index contributed by atoms with van der Waals surface area (Å²) in [5.74, 6) is -0.872. The maximum Gasteiger partial charge on any atom is 0.435 e. The molecule has 3 fully saturated rings. The van der Waals surface area contributed by atoms with Gasteiger partial charge in [0.25, 0.3) is 5.91 Å². The number of alkyl halides is 3. The molecule has 4 rings (SSSR count). The Morgan fingerprint density at radius 3 is 2.42 bits per heavy atom. The quantitative estimate of drug-likeness (QED) is 0.857. The van der Waals surface area contributed by atoms with Crippen LogP contribution in [-0.4, -0.2) is 38.2 Å². The average Bonchev–Trinajstić information content (AvgIpc) is 3.40. The number of carbonyl (C=O) groups excluding carboxylic acids is 1. The summed E-state index contributed by atoms with van der Waals surface area (Å²) in [5, 5.41) is 20.1. The van der Waals surface area contributed by atoms with Crippen LogP contribution in [0.4, 0.5) is 13.2 Å². The molecule has 0 saturated heterocycles. The van der Waals surface area contributed by atoms with Crippen molar-refractivity contribution in [1.82, 2.24) is 20.3 Å². The molecule has 1 amide bonds. The van der Waals surface area contributed by atoms with Gasteiger partial charge in [0, 0.05) is 12.0 Å². The lowest BCUT2D eigenvalue weighted by atomic mass is 9.69. The van der Waals surface area contributed by atoms with Crippen molar-refractivity contribution in [2.24, 2.45) is 5.41 Å². The predicted molar refractivity (Wildman–Crippen MR) is 76.1 cm³/mol. The summed E-state index contributed by atoms with van der Waals surface area (Å²) in [6.07, 6.45) is 0.439. The molecule has 3 saturated carbocycles. The van der Waals surface area contributed by atoms with E-state index in [0.29, 0.717) is 25.7 Å². The van der Waals surface area contributed by atoms with Gasteiger partial charge in [-0.15, -0.1) is 5.10 Å². The summed E-state index contributed by atoms with van der Waals surface area (Å²) in [5.41, 5.74) is -2.91. The third-order valence-electron chi connectivity index (χ3n) is 5.68. The number of carbonyl (C=O) groups is 1. The molecule has 3 aliphatic carbocycles. The highest BCUT2D eigenvalue weighted by atomic mass is 19.4.